The first-order valence-electron chi connectivity index (χ1n) is 3.66. The van der Waals surface area contributed by atoms with E-state index >= 15 is 0 Å². The number of anilines is 1. The van der Waals surface area contributed by atoms with E-state index in [1.165, 1.54) is 17.7 Å². The van der Waals surface area contributed by atoms with Crippen LogP contribution in [0.1, 0.15) is 0 Å². The fraction of sp³-hybridized carbons (Fsp3) is 0.111. The summed E-state index contributed by atoms with van der Waals surface area (Å²) in [5, 5.41) is 3.39. The van der Waals surface area contributed by atoms with E-state index in [-0.39, 0.29) is 5.82 Å². The smallest absolute Gasteiger partial charge is 0.125 e. The zero-order valence-electron chi connectivity index (χ0n) is 6.73. The number of hydrogen-bond acceptors (Lipinski definition) is 1. The van der Waals surface area contributed by atoms with Gasteiger partial charge in [-0.15, -0.1) is 0 Å². The second-order valence-corrected chi connectivity index (χ2v) is 3.12. The molecule has 0 spiro atoms. The van der Waals surface area contributed by atoms with Gasteiger partial charge in [-0.3, -0.25) is 0 Å². The molecule has 0 aliphatic carbocycles. The van der Waals surface area contributed by atoms with Crippen LogP contribution < -0.4 is 5.32 Å². The Morgan fingerprint density at radius 3 is 2.92 bits per heavy atom. The van der Waals surface area contributed by atoms with Crippen LogP contribution in [0.25, 0.3) is 0 Å². The van der Waals surface area contributed by atoms with Crippen LogP contribution in [0.15, 0.2) is 34.8 Å². The second-order valence-electron chi connectivity index (χ2n) is 2.42. The normalized spacial score (nSPS) is 11.5. The predicted molar refractivity (Wildman–Crippen MR) is 54.7 cm³/mol. The fourth-order valence-corrected chi connectivity index (χ4v) is 0.967. The summed E-state index contributed by atoms with van der Waals surface area (Å²) in [4.78, 5) is 0. The Balaban J connectivity index is 2.55. The van der Waals surface area contributed by atoms with Gasteiger partial charge in [0.05, 0.1) is 6.54 Å². The lowest BCUT2D eigenvalue weighted by Gasteiger charge is -2.04. The molecule has 0 atom stereocenters. The van der Waals surface area contributed by atoms with Gasteiger partial charge in [0.1, 0.15) is 5.82 Å². The number of benzene rings is 1. The summed E-state index contributed by atoms with van der Waals surface area (Å²) < 4.78 is 12.7. The molecule has 0 unspecified atom stereocenters. The molecule has 13 heavy (non-hydrogen) atoms. The van der Waals surface area contributed by atoms with Crippen molar-refractivity contribution in [3.63, 3.8) is 0 Å². The van der Waals surface area contributed by atoms with Crippen molar-refractivity contribution in [3.05, 3.63) is 40.7 Å². The first kappa shape index (κ1) is 10.4. The summed E-state index contributed by atoms with van der Waals surface area (Å²) in [6, 6.07) is 6.14. The molecule has 0 heterocycles. The highest BCUT2D eigenvalue weighted by Crippen LogP contribution is 2.11. The molecule has 0 amide bonds. The van der Waals surface area contributed by atoms with Crippen LogP contribution in [0.4, 0.5) is 10.1 Å². The number of nitrogens with one attached hydrogen (secondary N) is 1. The van der Waals surface area contributed by atoms with E-state index in [1.54, 1.807) is 12.1 Å². The first-order valence-corrected chi connectivity index (χ1v) is 4.48. The molecule has 0 saturated heterocycles. The van der Waals surface area contributed by atoms with Crippen LogP contribution in [-0.2, 0) is 0 Å². The topological polar surface area (TPSA) is 12.0 Å². The van der Waals surface area contributed by atoms with Gasteiger partial charge in [0.15, 0.2) is 0 Å². The molecule has 0 aromatic heterocycles. The quantitative estimate of drug-likeness (QED) is 0.821. The van der Waals surface area contributed by atoms with Crippen LogP contribution in [-0.4, -0.2) is 6.54 Å². The highest BCUT2D eigenvalue weighted by Gasteiger charge is 1.94. The Morgan fingerprint density at radius 1 is 1.54 bits per heavy atom. The molecule has 0 saturated carbocycles. The molecule has 0 bridgehead atoms. The van der Waals surface area contributed by atoms with E-state index in [1.807, 2.05) is 0 Å². The van der Waals surface area contributed by atoms with E-state index < -0.39 is 0 Å². The standard InChI is InChI=1S/C9H8Cl2FN/c10-5-7(11)6-13-9-3-1-2-8(12)4-9/h1-5,13H,6H2. The molecular weight excluding hydrogens is 212 g/mol. The monoisotopic (exact) mass is 219 g/mol. The molecule has 1 aromatic rings. The molecule has 0 radical (unpaired) electrons. The van der Waals surface area contributed by atoms with E-state index in [0.29, 0.717) is 17.3 Å². The third kappa shape index (κ3) is 3.66. The maximum absolute atomic E-state index is 12.7. The van der Waals surface area contributed by atoms with Gasteiger partial charge in [0.2, 0.25) is 0 Å². The average molecular weight is 220 g/mol. The number of rotatable bonds is 3. The highest BCUT2D eigenvalue weighted by molar-refractivity contribution is 6.36. The van der Waals surface area contributed by atoms with Gasteiger partial charge >= 0.3 is 0 Å². The summed E-state index contributed by atoms with van der Waals surface area (Å²) in [7, 11) is 0. The molecule has 1 aromatic carbocycles. The van der Waals surface area contributed by atoms with E-state index in [4.69, 9.17) is 23.2 Å². The van der Waals surface area contributed by atoms with Crippen molar-refractivity contribution in [3.8, 4) is 0 Å². The van der Waals surface area contributed by atoms with Crippen molar-refractivity contribution in [1.29, 1.82) is 0 Å². The molecule has 70 valence electrons. The maximum Gasteiger partial charge on any atom is 0.125 e. The van der Waals surface area contributed by atoms with Gasteiger partial charge in [-0.2, -0.15) is 0 Å². The van der Waals surface area contributed by atoms with Crippen molar-refractivity contribution in [2.75, 3.05) is 11.9 Å². The molecular formula is C9H8Cl2FN. The summed E-state index contributed by atoms with van der Waals surface area (Å²) in [6.45, 7) is 0.397. The minimum Gasteiger partial charge on any atom is -0.380 e. The Morgan fingerprint density at radius 2 is 2.31 bits per heavy atom. The van der Waals surface area contributed by atoms with Crippen molar-refractivity contribution in [2.24, 2.45) is 0 Å². The summed E-state index contributed by atoms with van der Waals surface area (Å²) >= 11 is 11.0. The molecule has 1 nitrogen and oxygen atoms in total. The van der Waals surface area contributed by atoms with Crippen LogP contribution >= 0.6 is 23.2 Å². The molecule has 0 aliphatic heterocycles. The molecule has 4 heteroatoms. The van der Waals surface area contributed by atoms with Gasteiger partial charge in [0, 0.05) is 16.3 Å². The Bertz CT molecular complexity index is 312. The SMILES string of the molecule is Fc1cccc(NCC(Cl)=CCl)c1. The largest absolute Gasteiger partial charge is 0.380 e. The average Bonchev–Trinajstić information content (AvgIpc) is 2.14. The Hall–Kier alpha value is -0.730. The lowest BCUT2D eigenvalue weighted by Crippen LogP contribution is -2.00. The number of hydrogen-bond donors (Lipinski definition) is 1. The van der Waals surface area contributed by atoms with Crippen LogP contribution in [0, 0.1) is 5.82 Å². The highest BCUT2D eigenvalue weighted by atomic mass is 35.5. The van der Waals surface area contributed by atoms with Gasteiger partial charge in [-0.25, -0.2) is 4.39 Å². The lowest BCUT2D eigenvalue weighted by molar-refractivity contribution is 0.628. The van der Waals surface area contributed by atoms with Crippen molar-refractivity contribution in [2.45, 2.75) is 0 Å². The van der Waals surface area contributed by atoms with Gasteiger partial charge < -0.3 is 5.32 Å². The van der Waals surface area contributed by atoms with Crippen LogP contribution in [0.5, 0.6) is 0 Å². The van der Waals surface area contributed by atoms with Crippen LogP contribution in [0.3, 0.4) is 0 Å². The van der Waals surface area contributed by atoms with Gasteiger partial charge in [-0.05, 0) is 18.2 Å². The van der Waals surface area contributed by atoms with E-state index in [2.05, 4.69) is 5.32 Å². The molecule has 0 fully saturated rings. The van der Waals surface area contributed by atoms with Crippen LogP contribution in [0.2, 0.25) is 0 Å². The fourth-order valence-electron chi connectivity index (χ4n) is 0.824. The van der Waals surface area contributed by atoms with Gasteiger partial charge in [0.25, 0.3) is 0 Å². The molecule has 1 N–H and O–H groups in total. The Kier molecular flexibility index (Phi) is 4.06. The zero-order valence-corrected chi connectivity index (χ0v) is 8.24. The predicted octanol–water partition coefficient (Wildman–Crippen LogP) is 3.56. The zero-order chi connectivity index (χ0) is 9.68. The summed E-state index contributed by atoms with van der Waals surface area (Å²) in [6.07, 6.45) is 0. The molecule has 1 rings (SSSR count). The minimum atomic E-state index is -0.282. The van der Waals surface area contributed by atoms with Crippen molar-refractivity contribution >= 4 is 28.9 Å². The third-order valence-electron chi connectivity index (χ3n) is 1.40. The maximum atomic E-state index is 12.7. The Labute approximate surface area is 86.2 Å². The van der Waals surface area contributed by atoms with E-state index in [9.17, 15) is 4.39 Å². The second kappa shape index (κ2) is 5.10. The lowest BCUT2D eigenvalue weighted by atomic mass is 10.3. The van der Waals surface area contributed by atoms with E-state index in [0.717, 1.165) is 0 Å². The summed E-state index contributed by atoms with van der Waals surface area (Å²) in [5.74, 6) is -0.282. The summed E-state index contributed by atoms with van der Waals surface area (Å²) in [5.41, 5.74) is 1.95. The first-order chi connectivity index (χ1) is 6.22. The number of halogens is 3. The third-order valence-corrected chi connectivity index (χ3v) is 2.02. The van der Waals surface area contributed by atoms with Crippen molar-refractivity contribution in [1.82, 2.24) is 0 Å². The molecule has 0 aliphatic rings. The van der Waals surface area contributed by atoms with Crippen molar-refractivity contribution < 1.29 is 4.39 Å². The van der Waals surface area contributed by atoms with Gasteiger partial charge in [-0.1, -0.05) is 29.3 Å². The minimum absolute atomic E-state index is 0.282.